The van der Waals surface area contributed by atoms with E-state index < -0.39 is 5.92 Å². The third-order valence-corrected chi connectivity index (χ3v) is 4.69. The molecule has 1 aromatic heterocycles. The van der Waals surface area contributed by atoms with Crippen molar-refractivity contribution < 1.29 is 19.1 Å². The Bertz CT molecular complexity index is 868. The maximum absolute atomic E-state index is 12.8. The molecule has 1 atom stereocenters. The number of carbonyl (C=O) groups is 2. The van der Waals surface area contributed by atoms with Gasteiger partial charge in [-0.15, -0.1) is 0 Å². The van der Waals surface area contributed by atoms with E-state index in [4.69, 9.17) is 9.47 Å². The van der Waals surface area contributed by atoms with Crippen LogP contribution in [0.25, 0.3) is 0 Å². The normalized spacial score (nSPS) is 17.6. The number of rotatable bonds is 3. The first-order chi connectivity index (χ1) is 12.6. The summed E-state index contributed by atoms with van der Waals surface area (Å²) in [6, 6.07) is 9.32. The van der Waals surface area contributed by atoms with Crippen molar-refractivity contribution in [2.45, 2.75) is 25.9 Å². The summed E-state index contributed by atoms with van der Waals surface area (Å²) in [5, 5.41) is 2.95. The standard InChI is InChI=1S/C19H19N3O4/c1-12(23)22-9-14-3-2-6-20-18(14)15(10-22)19(24)21-8-13-4-5-16-17(7-13)26-11-25-16/h2-7,15H,8-11H2,1H3,(H,21,24). The Morgan fingerprint density at radius 2 is 2.12 bits per heavy atom. The molecular weight excluding hydrogens is 334 g/mol. The summed E-state index contributed by atoms with van der Waals surface area (Å²) in [4.78, 5) is 30.7. The molecule has 3 heterocycles. The Hall–Kier alpha value is -3.09. The Balaban J connectivity index is 1.49. The van der Waals surface area contributed by atoms with E-state index in [1.807, 2.05) is 30.3 Å². The van der Waals surface area contributed by atoms with Gasteiger partial charge in [0.1, 0.15) is 0 Å². The maximum Gasteiger partial charge on any atom is 0.231 e. The molecule has 26 heavy (non-hydrogen) atoms. The highest BCUT2D eigenvalue weighted by Gasteiger charge is 2.32. The number of amides is 2. The van der Waals surface area contributed by atoms with Gasteiger partial charge in [0.2, 0.25) is 18.6 Å². The van der Waals surface area contributed by atoms with Gasteiger partial charge in [-0.05, 0) is 29.3 Å². The highest BCUT2D eigenvalue weighted by Crippen LogP contribution is 2.32. The third-order valence-electron chi connectivity index (χ3n) is 4.69. The second kappa shape index (κ2) is 6.67. The van der Waals surface area contributed by atoms with Crippen molar-refractivity contribution in [3.05, 3.63) is 53.3 Å². The number of pyridine rings is 1. The molecule has 2 aromatic rings. The minimum atomic E-state index is -0.474. The highest BCUT2D eigenvalue weighted by molar-refractivity contribution is 5.85. The Morgan fingerprint density at radius 3 is 2.96 bits per heavy atom. The second-order valence-electron chi connectivity index (χ2n) is 6.41. The summed E-state index contributed by atoms with van der Waals surface area (Å²) in [7, 11) is 0. The van der Waals surface area contributed by atoms with Crippen LogP contribution in [0.3, 0.4) is 0 Å². The van der Waals surface area contributed by atoms with Gasteiger partial charge in [0, 0.05) is 32.8 Å². The molecular formula is C19H19N3O4. The van der Waals surface area contributed by atoms with Crippen LogP contribution >= 0.6 is 0 Å². The predicted molar refractivity (Wildman–Crippen MR) is 92.5 cm³/mol. The zero-order valence-corrected chi connectivity index (χ0v) is 14.4. The molecule has 0 fully saturated rings. The zero-order chi connectivity index (χ0) is 18.1. The summed E-state index contributed by atoms with van der Waals surface area (Å²) in [5.74, 6) is 0.728. The van der Waals surface area contributed by atoms with Gasteiger partial charge < -0.3 is 19.7 Å². The zero-order valence-electron chi connectivity index (χ0n) is 14.4. The van der Waals surface area contributed by atoms with Crippen LogP contribution in [-0.2, 0) is 22.7 Å². The average Bonchev–Trinajstić information content (AvgIpc) is 3.13. The van der Waals surface area contributed by atoms with Crippen LogP contribution in [0.5, 0.6) is 11.5 Å². The first kappa shape index (κ1) is 16.4. The predicted octanol–water partition coefficient (Wildman–Crippen LogP) is 1.57. The summed E-state index contributed by atoms with van der Waals surface area (Å²) >= 11 is 0. The van der Waals surface area contributed by atoms with Gasteiger partial charge >= 0.3 is 0 Å². The molecule has 0 bridgehead atoms. The van der Waals surface area contributed by atoms with E-state index in [1.54, 1.807) is 11.1 Å². The number of ether oxygens (including phenoxy) is 2. The minimum Gasteiger partial charge on any atom is -0.454 e. The lowest BCUT2D eigenvalue weighted by molar-refractivity contribution is -0.131. The fraction of sp³-hybridized carbons (Fsp3) is 0.316. The van der Waals surface area contributed by atoms with Crippen molar-refractivity contribution in [3.8, 4) is 11.5 Å². The lowest BCUT2D eigenvalue weighted by Crippen LogP contribution is -2.43. The summed E-state index contributed by atoms with van der Waals surface area (Å²) in [5.41, 5.74) is 2.58. The van der Waals surface area contributed by atoms with Crippen molar-refractivity contribution in [2.24, 2.45) is 0 Å². The molecule has 134 valence electrons. The molecule has 1 aromatic carbocycles. The molecule has 0 radical (unpaired) electrons. The number of nitrogens with one attached hydrogen (secondary N) is 1. The van der Waals surface area contributed by atoms with E-state index >= 15 is 0 Å². The van der Waals surface area contributed by atoms with Gasteiger partial charge in [-0.2, -0.15) is 0 Å². The van der Waals surface area contributed by atoms with Crippen LogP contribution in [0.1, 0.15) is 29.7 Å². The molecule has 2 aliphatic rings. The maximum atomic E-state index is 12.8. The Kier molecular flexibility index (Phi) is 4.20. The van der Waals surface area contributed by atoms with Crippen molar-refractivity contribution in [1.82, 2.24) is 15.2 Å². The number of hydrogen-bond acceptors (Lipinski definition) is 5. The van der Waals surface area contributed by atoms with Gasteiger partial charge in [-0.1, -0.05) is 12.1 Å². The molecule has 0 saturated heterocycles. The second-order valence-corrected chi connectivity index (χ2v) is 6.41. The Labute approximate surface area is 150 Å². The topological polar surface area (TPSA) is 80.8 Å². The van der Waals surface area contributed by atoms with Gasteiger partial charge in [0.15, 0.2) is 11.5 Å². The SMILES string of the molecule is CC(=O)N1Cc2cccnc2C(C(=O)NCc2ccc3c(c2)OCO3)C1. The van der Waals surface area contributed by atoms with Crippen molar-refractivity contribution >= 4 is 11.8 Å². The first-order valence-electron chi connectivity index (χ1n) is 8.47. The molecule has 2 amide bonds. The lowest BCUT2D eigenvalue weighted by Gasteiger charge is -2.32. The van der Waals surface area contributed by atoms with Crippen LogP contribution < -0.4 is 14.8 Å². The Morgan fingerprint density at radius 1 is 1.27 bits per heavy atom. The van der Waals surface area contributed by atoms with Crippen molar-refractivity contribution in [2.75, 3.05) is 13.3 Å². The first-order valence-corrected chi connectivity index (χ1v) is 8.47. The van der Waals surface area contributed by atoms with Crippen LogP contribution in [0, 0.1) is 0 Å². The van der Waals surface area contributed by atoms with E-state index in [0.29, 0.717) is 31.1 Å². The number of nitrogens with zero attached hydrogens (tertiary/aromatic N) is 2. The monoisotopic (exact) mass is 353 g/mol. The largest absolute Gasteiger partial charge is 0.454 e. The third kappa shape index (κ3) is 3.08. The molecule has 7 heteroatoms. The fourth-order valence-electron chi connectivity index (χ4n) is 3.29. The number of fused-ring (bicyclic) bond motifs is 2. The van der Waals surface area contributed by atoms with E-state index in [9.17, 15) is 9.59 Å². The van der Waals surface area contributed by atoms with E-state index in [2.05, 4.69) is 10.3 Å². The van der Waals surface area contributed by atoms with Gasteiger partial charge in [0.05, 0.1) is 11.6 Å². The van der Waals surface area contributed by atoms with Crippen molar-refractivity contribution in [3.63, 3.8) is 0 Å². The van der Waals surface area contributed by atoms with Gasteiger partial charge in [-0.3, -0.25) is 14.6 Å². The van der Waals surface area contributed by atoms with Crippen molar-refractivity contribution in [1.29, 1.82) is 0 Å². The summed E-state index contributed by atoms with van der Waals surface area (Å²) in [6.07, 6.45) is 1.68. The molecule has 4 rings (SSSR count). The number of carbonyl (C=O) groups excluding carboxylic acids is 2. The quantitative estimate of drug-likeness (QED) is 0.906. The average molecular weight is 353 g/mol. The highest BCUT2D eigenvalue weighted by atomic mass is 16.7. The summed E-state index contributed by atoms with van der Waals surface area (Å²) in [6.45, 7) is 2.93. The number of hydrogen-bond donors (Lipinski definition) is 1. The molecule has 0 aliphatic carbocycles. The van der Waals surface area contributed by atoms with Crippen LogP contribution in [0.4, 0.5) is 0 Å². The van der Waals surface area contributed by atoms with Crippen LogP contribution in [0.15, 0.2) is 36.5 Å². The molecule has 2 aliphatic heterocycles. The lowest BCUT2D eigenvalue weighted by atomic mass is 9.93. The van der Waals surface area contributed by atoms with Gasteiger partial charge in [0.25, 0.3) is 0 Å². The molecule has 1 N–H and O–H groups in total. The number of benzene rings is 1. The molecule has 0 spiro atoms. The van der Waals surface area contributed by atoms with Crippen LogP contribution in [0.2, 0.25) is 0 Å². The van der Waals surface area contributed by atoms with E-state index in [1.165, 1.54) is 6.92 Å². The summed E-state index contributed by atoms with van der Waals surface area (Å²) < 4.78 is 10.7. The minimum absolute atomic E-state index is 0.0481. The smallest absolute Gasteiger partial charge is 0.231 e. The van der Waals surface area contributed by atoms with Gasteiger partial charge in [-0.25, -0.2) is 0 Å². The van der Waals surface area contributed by atoms with E-state index in [-0.39, 0.29) is 18.6 Å². The molecule has 1 unspecified atom stereocenters. The van der Waals surface area contributed by atoms with E-state index in [0.717, 1.165) is 16.8 Å². The number of aromatic nitrogens is 1. The van der Waals surface area contributed by atoms with Crippen LogP contribution in [-0.4, -0.2) is 35.0 Å². The molecule has 0 saturated carbocycles. The fourth-order valence-corrected chi connectivity index (χ4v) is 3.29. The molecule has 7 nitrogen and oxygen atoms in total.